The molecule has 17 heteroatoms. The molecule has 6 rings (SSSR count). The van der Waals surface area contributed by atoms with E-state index in [2.05, 4.69) is 20.3 Å². The summed E-state index contributed by atoms with van der Waals surface area (Å²) in [7, 11) is -4.44. The van der Waals surface area contributed by atoms with Crippen molar-refractivity contribution in [2.45, 2.75) is 94.5 Å². The lowest BCUT2D eigenvalue weighted by Crippen LogP contribution is -2.45. The van der Waals surface area contributed by atoms with E-state index in [-0.39, 0.29) is 41.5 Å². The molecule has 1 aromatic carbocycles. The normalized spacial score (nSPS) is 31.2. The van der Waals surface area contributed by atoms with Crippen LogP contribution in [0.15, 0.2) is 36.7 Å². The summed E-state index contributed by atoms with van der Waals surface area (Å²) in [4.78, 5) is 25.0. The highest BCUT2D eigenvalue weighted by Gasteiger charge is 2.96. The number of fused-ring (bicyclic) bond motifs is 2. The molecule has 0 spiro atoms. The van der Waals surface area contributed by atoms with Crippen LogP contribution in [0.3, 0.4) is 0 Å². The number of esters is 1. The Hall–Kier alpha value is -3.43. The number of para-hydroxylation sites is 1. The van der Waals surface area contributed by atoms with Gasteiger partial charge < -0.3 is 29.6 Å². The van der Waals surface area contributed by atoms with E-state index in [1.54, 1.807) is 25.1 Å². The number of anilines is 1. The molecule has 2 aromatic heterocycles. The third-order valence-electron chi connectivity index (χ3n) is 8.62. The number of nitrogen functional groups attached to an aromatic ring is 1. The second kappa shape index (κ2) is 12.0. The monoisotopic (exact) mass is 666 g/mol. The molecule has 250 valence electrons. The zero-order chi connectivity index (χ0) is 32.9. The van der Waals surface area contributed by atoms with E-state index in [0.717, 1.165) is 49.9 Å². The molecule has 3 aliphatic rings. The number of hydrogen-bond acceptors (Lipinski definition) is 13. The number of imidazole rings is 1. The van der Waals surface area contributed by atoms with Crippen molar-refractivity contribution >= 4 is 30.7 Å². The third-order valence-corrected chi connectivity index (χ3v) is 10.2. The first-order valence-corrected chi connectivity index (χ1v) is 16.9. The molecule has 0 radical (unpaired) electrons. The molecule has 2 aliphatic carbocycles. The van der Waals surface area contributed by atoms with Crippen LogP contribution in [0.4, 0.5) is 14.7 Å². The number of hydrogen-bond donors (Lipinski definition) is 3. The van der Waals surface area contributed by atoms with Crippen molar-refractivity contribution in [3.05, 3.63) is 36.7 Å². The molecule has 3 heterocycles. The van der Waals surface area contributed by atoms with E-state index in [1.165, 1.54) is 19.1 Å². The maximum Gasteiger partial charge on any atom is 0.393 e. The van der Waals surface area contributed by atoms with Crippen LogP contribution in [-0.4, -0.2) is 78.9 Å². The molecule has 3 fully saturated rings. The number of rotatable bonds is 12. The standard InChI is InChI=1S/C29H37F2N6O8P/c1-4-41-22-20-21(35-26(32)36-22)37(15-33-20)25-27(3,30)28(39)24(29(28,31)43-25)45-46(40,44-19-13-9-6-10-14-19)16-34-17(2)23(38)42-18-11-7-5-8-12-18/h6,9-10,13-15,17-18,24-25,34,39H,4-5,7-8,11-12,16H2,1-3H3,(H2,32,35,36)/t17-,24?,25+,27-,28-,29+,46-/m0/s1. The van der Waals surface area contributed by atoms with E-state index >= 15 is 8.78 Å². The molecule has 3 aromatic rings. The number of aliphatic hydroxyl groups is 1. The summed E-state index contributed by atoms with van der Waals surface area (Å²) >= 11 is 0. The largest absolute Gasteiger partial charge is 0.476 e. The van der Waals surface area contributed by atoms with E-state index in [4.69, 9.17) is 29.0 Å². The van der Waals surface area contributed by atoms with Crippen molar-refractivity contribution in [1.82, 2.24) is 24.8 Å². The second-order valence-corrected chi connectivity index (χ2v) is 13.8. The Bertz CT molecular complexity index is 1640. The average Bonchev–Trinajstić information content (AvgIpc) is 3.24. The number of ether oxygens (including phenoxy) is 3. The summed E-state index contributed by atoms with van der Waals surface area (Å²) in [6, 6.07) is 6.97. The zero-order valence-electron chi connectivity index (χ0n) is 25.6. The first-order chi connectivity index (χ1) is 21.8. The maximum atomic E-state index is 16.6. The molecule has 4 N–H and O–H groups in total. The summed E-state index contributed by atoms with van der Waals surface area (Å²) in [5, 5.41) is 14.2. The lowest BCUT2D eigenvalue weighted by molar-refractivity contribution is -0.156. The van der Waals surface area contributed by atoms with Crippen LogP contribution >= 0.6 is 7.60 Å². The van der Waals surface area contributed by atoms with Crippen molar-refractivity contribution in [2.75, 3.05) is 18.6 Å². The molecule has 1 aliphatic heterocycles. The number of halogens is 2. The predicted molar refractivity (Wildman–Crippen MR) is 159 cm³/mol. The Morgan fingerprint density at radius 3 is 2.61 bits per heavy atom. The number of nitrogens with two attached hydrogens (primary N) is 1. The highest BCUT2D eigenvalue weighted by molar-refractivity contribution is 7.54. The predicted octanol–water partition coefficient (Wildman–Crippen LogP) is 3.94. The number of aromatic nitrogens is 4. The highest BCUT2D eigenvalue weighted by Crippen LogP contribution is 2.73. The lowest BCUT2D eigenvalue weighted by Gasteiger charge is -2.31. The molecular formula is C29H37F2N6O8P. The van der Waals surface area contributed by atoms with Crippen LogP contribution in [0.1, 0.15) is 59.1 Å². The number of carbonyl (C=O) groups excluding carboxylic acids is 1. The fraction of sp³-hybridized carbons (Fsp3) is 0.586. The number of carbonyl (C=O) groups is 1. The lowest BCUT2D eigenvalue weighted by atomic mass is 9.97. The summed E-state index contributed by atoms with van der Waals surface area (Å²) in [5.74, 6) is -3.79. The zero-order valence-corrected chi connectivity index (χ0v) is 26.5. The molecule has 1 saturated heterocycles. The number of alkyl halides is 2. The summed E-state index contributed by atoms with van der Waals surface area (Å²) in [5.41, 5.74) is 0.0941. The molecule has 1 unspecified atom stereocenters. The van der Waals surface area contributed by atoms with Gasteiger partial charge in [0.2, 0.25) is 11.8 Å². The fourth-order valence-corrected chi connectivity index (χ4v) is 7.76. The van der Waals surface area contributed by atoms with Gasteiger partial charge in [0.05, 0.1) is 12.9 Å². The molecule has 14 nitrogen and oxygen atoms in total. The Morgan fingerprint density at radius 1 is 1.24 bits per heavy atom. The van der Waals surface area contributed by atoms with Crippen LogP contribution in [0.2, 0.25) is 0 Å². The quantitative estimate of drug-likeness (QED) is 0.187. The van der Waals surface area contributed by atoms with Crippen molar-refractivity contribution < 1.29 is 46.5 Å². The smallest absolute Gasteiger partial charge is 0.393 e. The van der Waals surface area contributed by atoms with E-state index in [9.17, 15) is 14.5 Å². The highest BCUT2D eigenvalue weighted by atomic mass is 31.2. The fourth-order valence-electron chi connectivity index (χ4n) is 6.02. The van der Waals surface area contributed by atoms with Gasteiger partial charge in [-0.2, -0.15) is 9.97 Å². The topological polar surface area (TPSA) is 182 Å². The third kappa shape index (κ3) is 5.49. The van der Waals surface area contributed by atoms with Crippen molar-refractivity contribution in [3.63, 3.8) is 0 Å². The van der Waals surface area contributed by atoms with E-state index in [0.29, 0.717) is 0 Å². The Kier molecular flexibility index (Phi) is 8.47. The van der Waals surface area contributed by atoms with Crippen LogP contribution in [-0.2, 0) is 23.4 Å². The van der Waals surface area contributed by atoms with Crippen LogP contribution in [0, 0.1) is 0 Å². The SMILES string of the molecule is CCOc1nc(N)nc2c1ncn2[C@@H]1O[C@]2(F)C(O[P@](=O)(CN[C@@H](C)C(=O)OC3CCCCC3)Oc3ccccc3)[C@]2(O)[C@@]1(C)F. The van der Waals surface area contributed by atoms with E-state index in [1.807, 2.05) is 0 Å². The van der Waals surface area contributed by atoms with E-state index < -0.39 is 55.3 Å². The number of nitrogens with one attached hydrogen (secondary N) is 1. The van der Waals surface area contributed by atoms with Gasteiger partial charge in [-0.25, -0.2) is 18.3 Å². The van der Waals surface area contributed by atoms with Crippen LogP contribution in [0.5, 0.6) is 11.6 Å². The first kappa shape index (κ1) is 32.5. The van der Waals surface area contributed by atoms with Crippen molar-refractivity contribution in [2.24, 2.45) is 0 Å². The van der Waals surface area contributed by atoms with Gasteiger partial charge in [-0.05, 0) is 58.6 Å². The number of nitrogens with zero attached hydrogens (tertiary/aromatic N) is 4. The van der Waals surface area contributed by atoms with Crippen LogP contribution in [0.25, 0.3) is 11.2 Å². The van der Waals surface area contributed by atoms with Gasteiger partial charge in [-0.15, -0.1) is 0 Å². The molecular weight excluding hydrogens is 629 g/mol. The van der Waals surface area contributed by atoms with Crippen molar-refractivity contribution in [3.8, 4) is 11.6 Å². The van der Waals surface area contributed by atoms with Gasteiger partial charge in [-0.3, -0.25) is 19.2 Å². The minimum absolute atomic E-state index is 0.0211. The molecule has 0 bridgehead atoms. The minimum atomic E-state index is -4.44. The van der Waals surface area contributed by atoms with Gasteiger partial charge in [0.25, 0.3) is 5.85 Å². The summed E-state index contributed by atoms with van der Waals surface area (Å²) in [6.07, 6.45) is 1.02. The number of benzene rings is 1. The van der Waals surface area contributed by atoms with Gasteiger partial charge in [0.15, 0.2) is 34.8 Å². The summed E-state index contributed by atoms with van der Waals surface area (Å²) < 4.78 is 76.0. The van der Waals surface area contributed by atoms with Gasteiger partial charge in [-0.1, -0.05) is 24.6 Å². The van der Waals surface area contributed by atoms with Gasteiger partial charge >= 0.3 is 13.6 Å². The maximum absolute atomic E-state index is 16.6. The first-order valence-electron chi connectivity index (χ1n) is 15.2. The van der Waals surface area contributed by atoms with Gasteiger partial charge in [0, 0.05) is 0 Å². The molecule has 0 amide bonds. The summed E-state index contributed by atoms with van der Waals surface area (Å²) in [6.45, 7) is 4.39. The van der Waals surface area contributed by atoms with Gasteiger partial charge in [0.1, 0.15) is 24.2 Å². The Balaban J connectivity index is 1.22. The second-order valence-electron chi connectivity index (χ2n) is 11.9. The van der Waals surface area contributed by atoms with Crippen molar-refractivity contribution in [1.29, 1.82) is 0 Å². The minimum Gasteiger partial charge on any atom is -0.476 e. The molecule has 46 heavy (non-hydrogen) atoms. The average molecular weight is 667 g/mol. The molecule has 7 atom stereocenters. The molecule has 2 saturated carbocycles. The Labute approximate surface area is 263 Å². The Morgan fingerprint density at radius 2 is 1.96 bits per heavy atom. The van der Waals surface area contributed by atoms with Crippen LogP contribution < -0.4 is 20.3 Å².